The lowest BCUT2D eigenvalue weighted by atomic mass is 10.3. The van der Waals surface area contributed by atoms with Crippen molar-refractivity contribution in [1.29, 1.82) is 0 Å². The van der Waals surface area contributed by atoms with Crippen LogP contribution in [0.25, 0.3) is 10.2 Å². The van der Waals surface area contributed by atoms with Crippen LogP contribution in [0.5, 0.6) is 5.75 Å². The zero-order valence-electron chi connectivity index (χ0n) is 8.43. The average molecular weight is 327 g/mol. The molecule has 0 saturated heterocycles. The van der Waals surface area contributed by atoms with E-state index in [-0.39, 0.29) is 5.75 Å². The first kappa shape index (κ1) is 12.4. The van der Waals surface area contributed by atoms with E-state index >= 15 is 0 Å². The second kappa shape index (κ2) is 4.34. The highest BCUT2D eigenvalue weighted by atomic mass is 79.9. The van der Waals surface area contributed by atoms with Crippen LogP contribution in [-0.4, -0.2) is 18.4 Å². The Kier molecular flexibility index (Phi) is 3.17. The number of nitrogens with zero attached hydrogens (tertiary/aromatic N) is 1. The fourth-order valence-electron chi connectivity index (χ4n) is 1.28. The summed E-state index contributed by atoms with van der Waals surface area (Å²) in [5.74, 6) is -0.249. The van der Waals surface area contributed by atoms with E-state index in [9.17, 15) is 13.2 Å². The summed E-state index contributed by atoms with van der Waals surface area (Å²) in [4.78, 5) is 4.11. The normalized spacial score (nSPS) is 11.8. The van der Waals surface area contributed by atoms with Gasteiger partial charge in [-0.05, 0) is 12.1 Å². The van der Waals surface area contributed by atoms with Crippen molar-refractivity contribution in [2.75, 3.05) is 12.4 Å². The molecule has 0 radical (unpaired) electrons. The Hall–Kier alpha value is -1.02. The fourth-order valence-corrected chi connectivity index (χ4v) is 2.55. The van der Waals surface area contributed by atoms with E-state index in [1.165, 1.54) is 6.07 Å². The zero-order chi connectivity index (χ0) is 12.6. The molecule has 0 bridgehead atoms. The molecule has 17 heavy (non-hydrogen) atoms. The van der Waals surface area contributed by atoms with Crippen LogP contribution in [0.1, 0.15) is 0 Å². The quantitative estimate of drug-likeness (QED) is 0.905. The van der Waals surface area contributed by atoms with Crippen LogP contribution in [0.3, 0.4) is 0 Å². The van der Waals surface area contributed by atoms with Crippen LogP contribution in [-0.2, 0) is 0 Å². The second-order valence-electron chi connectivity index (χ2n) is 3.07. The monoisotopic (exact) mass is 326 g/mol. The highest BCUT2D eigenvalue weighted by Gasteiger charge is 2.32. The van der Waals surface area contributed by atoms with Crippen molar-refractivity contribution >= 4 is 42.6 Å². The standard InChI is InChI=1S/C9H6BrF3N2OS/c1-14-8-15-5-2-4(10)3-6(7(5)17-8)16-9(11,12)13/h2-3H,1H3,(H,14,15). The Morgan fingerprint density at radius 3 is 2.71 bits per heavy atom. The maximum Gasteiger partial charge on any atom is 0.573 e. The van der Waals surface area contributed by atoms with E-state index < -0.39 is 6.36 Å². The summed E-state index contributed by atoms with van der Waals surface area (Å²) in [6.07, 6.45) is -4.71. The third-order valence-corrected chi connectivity index (χ3v) is 3.42. The second-order valence-corrected chi connectivity index (χ2v) is 4.98. The lowest BCUT2D eigenvalue weighted by Crippen LogP contribution is -2.17. The molecule has 8 heteroatoms. The number of benzene rings is 1. The molecule has 2 rings (SSSR count). The van der Waals surface area contributed by atoms with E-state index in [1.54, 1.807) is 13.1 Å². The molecule has 0 aliphatic rings. The van der Waals surface area contributed by atoms with Crippen LogP contribution < -0.4 is 10.1 Å². The third-order valence-electron chi connectivity index (χ3n) is 1.86. The molecular weight excluding hydrogens is 321 g/mol. The largest absolute Gasteiger partial charge is 0.573 e. The van der Waals surface area contributed by atoms with E-state index in [2.05, 4.69) is 31.0 Å². The van der Waals surface area contributed by atoms with Crippen LogP contribution in [0, 0.1) is 0 Å². The molecule has 2 aromatic rings. The van der Waals surface area contributed by atoms with Gasteiger partial charge in [0.1, 0.15) is 5.75 Å². The van der Waals surface area contributed by atoms with Gasteiger partial charge in [0.25, 0.3) is 0 Å². The maximum atomic E-state index is 12.2. The average Bonchev–Trinajstić information content (AvgIpc) is 2.58. The molecule has 0 atom stereocenters. The SMILES string of the molecule is CNc1nc2cc(Br)cc(OC(F)(F)F)c2s1. The van der Waals surface area contributed by atoms with Crippen molar-refractivity contribution in [3.8, 4) is 5.75 Å². The molecule has 0 aliphatic heterocycles. The molecule has 0 spiro atoms. The summed E-state index contributed by atoms with van der Waals surface area (Å²) >= 11 is 4.22. The Labute approximate surface area is 107 Å². The maximum absolute atomic E-state index is 12.2. The lowest BCUT2D eigenvalue weighted by molar-refractivity contribution is -0.274. The minimum Gasteiger partial charge on any atom is -0.404 e. The topological polar surface area (TPSA) is 34.2 Å². The number of anilines is 1. The Morgan fingerprint density at radius 2 is 2.12 bits per heavy atom. The van der Waals surface area contributed by atoms with Crippen molar-refractivity contribution in [3.63, 3.8) is 0 Å². The number of ether oxygens (including phenoxy) is 1. The minimum atomic E-state index is -4.71. The lowest BCUT2D eigenvalue weighted by Gasteiger charge is -2.09. The third kappa shape index (κ3) is 2.81. The van der Waals surface area contributed by atoms with Crippen molar-refractivity contribution in [2.45, 2.75) is 6.36 Å². The number of thiazole rings is 1. The van der Waals surface area contributed by atoms with Gasteiger partial charge in [-0.2, -0.15) is 0 Å². The van der Waals surface area contributed by atoms with E-state index in [0.717, 1.165) is 11.3 Å². The van der Waals surface area contributed by atoms with Crippen LogP contribution >= 0.6 is 27.3 Å². The van der Waals surface area contributed by atoms with Crippen molar-refractivity contribution < 1.29 is 17.9 Å². The summed E-state index contributed by atoms with van der Waals surface area (Å²) in [7, 11) is 1.65. The predicted octanol–water partition coefficient (Wildman–Crippen LogP) is 4.00. The highest BCUT2D eigenvalue weighted by Crippen LogP contribution is 2.38. The Bertz CT molecular complexity index is 555. The van der Waals surface area contributed by atoms with Gasteiger partial charge in [-0.15, -0.1) is 13.2 Å². The van der Waals surface area contributed by atoms with Crippen molar-refractivity contribution in [3.05, 3.63) is 16.6 Å². The molecule has 1 aromatic heterocycles. The summed E-state index contributed by atoms with van der Waals surface area (Å²) < 4.78 is 41.5. The summed E-state index contributed by atoms with van der Waals surface area (Å²) in [6.45, 7) is 0. The molecule has 0 amide bonds. The summed E-state index contributed by atoms with van der Waals surface area (Å²) in [5, 5.41) is 3.31. The van der Waals surface area contributed by atoms with Gasteiger partial charge in [-0.25, -0.2) is 4.98 Å². The molecule has 1 aromatic carbocycles. The first-order chi connectivity index (χ1) is 7.89. The highest BCUT2D eigenvalue weighted by molar-refractivity contribution is 9.10. The van der Waals surface area contributed by atoms with Crippen molar-refractivity contribution in [2.24, 2.45) is 0 Å². The van der Waals surface area contributed by atoms with Gasteiger partial charge in [0.15, 0.2) is 5.13 Å². The number of nitrogens with one attached hydrogen (secondary N) is 1. The number of halogens is 4. The van der Waals surface area contributed by atoms with Gasteiger partial charge in [-0.3, -0.25) is 0 Å². The number of hydrogen-bond donors (Lipinski definition) is 1. The van der Waals surface area contributed by atoms with Gasteiger partial charge in [0, 0.05) is 11.5 Å². The molecule has 1 heterocycles. The zero-order valence-corrected chi connectivity index (χ0v) is 10.8. The summed E-state index contributed by atoms with van der Waals surface area (Å²) in [6, 6.07) is 2.91. The van der Waals surface area contributed by atoms with Gasteiger partial charge < -0.3 is 10.1 Å². The first-order valence-corrected chi connectivity index (χ1v) is 6.03. The Morgan fingerprint density at radius 1 is 1.41 bits per heavy atom. The molecule has 0 aliphatic carbocycles. The molecule has 0 fully saturated rings. The molecular formula is C9H6BrF3N2OS. The molecule has 3 nitrogen and oxygen atoms in total. The number of rotatable bonds is 2. The van der Waals surface area contributed by atoms with Gasteiger partial charge in [0.05, 0.1) is 10.2 Å². The van der Waals surface area contributed by atoms with E-state index in [0.29, 0.717) is 19.8 Å². The minimum absolute atomic E-state index is 0.249. The Balaban J connectivity index is 2.56. The van der Waals surface area contributed by atoms with Gasteiger partial charge >= 0.3 is 6.36 Å². The number of hydrogen-bond acceptors (Lipinski definition) is 4. The van der Waals surface area contributed by atoms with Gasteiger partial charge in [-0.1, -0.05) is 27.3 Å². The van der Waals surface area contributed by atoms with Crippen LogP contribution in [0.15, 0.2) is 16.6 Å². The van der Waals surface area contributed by atoms with Crippen LogP contribution in [0.2, 0.25) is 0 Å². The summed E-state index contributed by atoms with van der Waals surface area (Å²) in [5.41, 5.74) is 0.452. The predicted molar refractivity (Wildman–Crippen MR) is 63.5 cm³/mol. The fraction of sp³-hybridized carbons (Fsp3) is 0.222. The number of aromatic nitrogens is 1. The van der Waals surface area contributed by atoms with E-state index in [4.69, 9.17) is 0 Å². The van der Waals surface area contributed by atoms with E-state index in [1.807, 2.05) is 0 Å². The van der Waals surface area contributed by atoms with Crippen molar-refractivity contribution in [1.82, 2.24) is 4.98 Å². The number of alkyl halides is 3. The molecule has 1 N–H and O–H groups in total. The van der Waals surface area contributed by atoms with Crippen LogP contribution in [0.4, 0.5) is 18.3 Å². The smallest absolute Gasteiger partial charge is 0.404 e. The molecule has 0 unspecified atom stereocenters. The number of fused-ring (bicyclic) bond motifs is 1. The molecule has 92 valence electrons. The molecule has 0 saturated carbocycles. The van der Waals surface area contributed by atoms with Gasteiger partial charge in [0.2, 0.25) is 0 Å². The first-order valence-electron chi connectivity index (χ1n) is 4.42.